The highest BCUT2D eigenvalue weighted by atomic mass is 79.9. The summed E-state index contributed by atoms with van der Waals surface area (Å²) in [6.45, 7) is 0.467. The summed E-state index contributed by atoms with van der Waals surface area (Å²) in [7, 11) is 1.59. The molecule has 0 aliphatic rings. The maximum Gasteiger partial charge on any atom is 0.142 e. The standard InChI is InChI=1S/C14H12BrClFNO/c1-19-14-5-2-10(16)7-13(14)18-8-9-6-11(17)3-4-12(9)15/h2-7,18H,8H2,1H3. The molecule has 5 heteroatoms. The van der Waals surface area contributed by atoms with Crippen LogP contribution in [-0.2, 0) is 6.54 Å². The van der Waals surface area contributed by atoms with Crippen LogP contribution in [-0.4, -0.2) is 7.11 Å². The predicted molar refractivity (Wildman–Crippen MR) is 79.4 cm³/mol. The summed E-state index contributed by atoms with van der Waals surface area (Å²) in [5, 5.41) is 3.80. The number of rotatable bonds is 4. The summed E-state index contributed by atoms with van der Waals surface area (Å²) in [6, 6.07) is 9.88. The monoisotopic (exact) mass is 343 g/mol. The van der Waals surface area contributed by atoms with Crippen LogP contribution in [0.4, 0.5) is 10.1 Å². The molecule has 0 aliphatic carbocycles. The van der Waals surface area contributed by atoms with E-state index in [-0.39, 0.29) is 5.82 Å². The quantitative estimate of drug-likeness (QED) is 0.855. The Morgan fingerprint density at radius 2 is 2.05 bits per heavy atom. The van der Waals surface area contributed by atoms with Gasteiger partial charge in [0.2, 0.25) is 0 Å². The van der Waals surface area contributed by atoms with Crippen LogP contribution < -0.4 is 10.1 Å². The van der Waals surface area contributed by atoms with E-state index in [1.54, 1.807) is 31.4 Å². The number of benzene rings is 2. The lowest BCUT2D eigenvalue weighted by molar-refractivity contribution is 0.416. The zero-order valence-electron chi connectivity index (χ0n) is 10.2. The molecule has 0 saturated heterocycles. The number of hydrogen-bond donors (Lipinski definition) is 1. The van der Waals surface area contributed by atoms with Crippen molar-refractivity contribution >= 4 is 33.2 Å². The first-order valence-electron chi connectivity index (χ1n) is 5.61. The molecule has 19 heavy (non-hydrogen) atoms. The van der Waals surface area contributed by atoms with Gasteiger partial charge in [0, 0.05) is 16.0 Å². The van der Waals surface area contributed by atoms with Crippen LogP contribution in [0, 0.1) is 5.82 Å². The van der Waals surface area contributed by atoms with Crippen LogP contribution in [0.5, 0.6) is 5.75 Å². The molecule has 0 heterocycles. The Labute approximate surface area is 124 Å². The lowest BCUT2D eigenvalue weighted by atomic mass is 10.2. The summed E-state index contributed by atoms with van der Waals surface area (Å²) < 4.78 is 19.3. The van der Waals surface area contributed by atoms with Crippen LogP contribution in [0.3, 0.4) is 0 Å². The minimum Gasteiger partial charge on any atom is -0.495 e. The topological polar surface area (TPSA) is 21.3 Å². The zero-order chi connectivity index (χ0) is 13.8. The maximum atomic E-state index is 13.2. The van der Waals surface area contributed by atoms with Crippen molar-refractivity contribution in [2.75, 3.05) is 12.4 Å². The molecule has 2 nitrogen and oxygen atoms in total. The summed E-state index contributed by atoms with van der Waals surface area (Å²) >= 11 is 9.34. The number of methoxy groups -OCH3 is 1. The van der Waals surface area contributed by atoms with E-state index in [4.69, 9.17) is 16.3 Å². The van der Waals surface area contributed by atoms with Gasteiger partial charge in [-0.3, -0.25) is 0 Å². The second-order valence-electron chi connectivity index (χ2n) is 3.93. The van der Waals surface area contributed by atoms with Crippen molar-refractivity contribution in [3.05, 3.63) is 57.3 Å². The predicted octanol–water partition coefficient (Wildman–Crippen LogP) is 4.86. The maximum absolute atomic E-state index is 13.2. The molecule has 0 amide bonds. The van der Waals surface area contributed by atoms with Gasteiger partial charge in [-0.1, -0.05) is 27.5 Å². The number of hydrogen-bond acceptors (Lipinski definition) is 2. The van der Waals surface area contributed by atoms with Crippen molar-refractivity contribution in [1.29, 1.82) is 0 Å². The molecule has 0 unspecified atom stereocenters. The van der Waals surface area contributed by atoms with E-state index >= 15 is 0 Å². The lowest BCUT2D eigenvalue weighted by Crippen LogP contribution is -2.02. The molecule has 0 atom stereocenters. The number of halogens is 3. The Bertz CT molecular complexity index is 592. The highest BCUT2D eigenvalue weighted by Crippen LogP contribution is 2.28. The van der Waals surface area contributed by atoms with Gasteiger partial charge in [-0.25, -0.2) is 4.39 Å². The van der Waals surface area contributed by atoms with Crippen molar-refractivity contribution in [3.63, 3.8) is 0 Å². The van der Waals surface area contributed by atoms with Gasteiger partial charge in [-0.15, -0.1) is 0 Å². The summed E-state index contributed by atoms with van der Waals surface area (Å²) in [5.74, 6) is 0.426. The minimum absolute atomic E-state index is 0.266. The second kappa shape index (κ2) is 6.26. The van der Waals surface area contributed by atoms with Crippen molar-refractivity contribution in [2.45, 2.75) is 6.54 Å². The van der Waals surface area contributed by atoms with Crippen molar-refractivity contribution < 1.29 is 9.13 Å². The van der Waals surface area contributed by atoms with E-state index in [9.17, 15) is 4.39 Å². The molecular formula is C14H12BrClFNO. The molecule has 2 aromatic carbocycles. The second-order valence-corrected chi connectivity index (χ2v) is 5.22. The van der Waals surface area contributed by atoms with Gasteiger partial charge >= 0.3 is 0 Å². The lowest BCUT2D eigenvalue weighted by Gasteiger charge is -2.12. The van der Waals surface area contributed by atoms with Gasteiger partial charge in [0.05, 0.1) is 12.8 Å². The molecule has 1 N–H and O–H groups in total. The third-order valence-electron chi connectivity index (χ3n) is 2.64. The summed E-state index contributed by atoms with van der Waals surface area (Å²) in [4.78, 5) is 0. The van der Waals surface area contributed by atoms with E-state index in [0.29, 0.717) is 17.3 Å². The summed E-state index contributed by atoms with van der Waals surface area (Å²) in [6.07, 6.45) is 0. The fourth-order valence-electron chi connectivity index (χ4n) is 1.69. The van der Waals surface area contributed by atoms with Gasteiger partial charge in [0.1, 0.15) is 11.6 Å². The van der Waals surface area contributed by atoms with Gasteiger partial charge in [-0.05, 0) is 42.0 Å². The Hall–Kier alpha value is -1.26. The highest BCUT2D eigenvalue weighted by molar-refractivity contribution is 9.10. The highest BCUT2D eigenvalue weighted by Gasteiger charge is 2.06. The molecule has 2 rings (SSSR count). The third-order valence-corrected chi connectivity index (χ3v) is 3.65. The average Bonchev–Trinajstić information content (AvgIpc) is 2.40. The molecule has 100 valence electrons. The Morgan fingerprint density at radius 1 is 1.26 bits per heavy atom. The molecule has 0 bridgehead atoms. The minimum atomic E-state index is -0.266. The first kappa shape index (κ1) is 14.2. The van der Waals surface area contributed by atoms with Gasteiger partial charge < -0.3 is 10.1 Å². The SMILES string of the molecule is COc1ccc(Cl)cc1NCc1cc(F)ccc1Br. The Morgan fingerprint density at radius 3 is 2.79 bits per heavy atom. The first-order valence-corrected chi connectivity index (χ1v) is 6.78. The fraction of sp³-hybridized carbons (Fsp3) is 0.143. The van der Waals surface area contributed by atoms with E-state index in [1.165, 1.54) is 12.1 Å². The average molecular weight is 345 g/mol. The number of nitrogens with one attached hydrogen (secondary N) is 1. The fourth-order valence-corrected chi connectivity index (χ4v) is 2.25. The molecule has 0 radical (unpaired) electrons. The molecule has 0 aliphatic heterocycles. The smallest absolute Gasteiger partial charge is 0.142 e. The normalized spacial score (nSPS) is 10.3. The Kier molecular flexibility index (Phi) is 4.66. The van der Waals surface area contributed by atoms with E-state index in [1.807, 2.05) is 0 Å². The van der Waals surface area contributed by atoms with Gasteiger partial charge in [0.15, 0.2) is 0 Å². The van der Waals surface area contributed by atoms with E-state index in [2.05, 4.69) is 21.2 Å². The number of anilines is 1. The van der Waals surface area contributed by atoms with Crippen LogP contribution in [0.15, 0.2) is 40.9 Å². The van der Waals surface area contributed by atoms with E-state index in [0.717, 1.165) is 15.7 Å². The molecule has 0 aromatic heterocycles. The molecule has 0 spiro atoms. The molecule has 2 aromatic rings. The van der Waals surface area contributed by atoms with Crippen molar-refractivity contribution in [2.24, 2.45) is 0 Å². The largest absolute Gasteiger partial charge is 0.495 e. The van der Waals surface area contributed by atoms with Gasteiger partial charge in [-0.2, -0.15) is 0 Å². The molecule has 0 saturated carbocycles. The van der Waals surface area contributed by atoms with Crippen LogP contribution in [0.1, 0.15) is 5.56 Å². The Balaban J connectivity index is 2.18. The van der Waals surface area contributed by atoms with E-state index < -0.39 is 0 Å². The van der Waals surface area contributed by atoms with Crippen molar-refractivity contribution in [1.82, 2.24) is 0 Å². The van der Waals surface area contributed by atoms with Crippen molar-refractivity contribution in [3.8, 4) is 5.75 Å². The molecular weight excluding hydrogens is 333 g/mol. The first-order chi connectivity index (χ1) is 9.10. The number of ether oxygens (including phenoxy) is 1. The van der Waals surface area contributed by atoms with Crippen LogP contribution in [0.25, 0.3) is 0 Å². The summed E-state index contributed by atoms with van der Waals surface area (Å²) in [5.41, 5.74) is 1.59. The van der Waals surface area contributed by atoms with Crippen LogP contribution in [0.2, 0.25) is 5.02 Å². The molecule has 0 fully saturated rings. The third kappa shape index (κ3) is 3.61. The van der Waals surface area contributed by atoms with Crippen LogP contribution >= 0.6 is 27.5 Å². The van der Waals surface area contributed by atoms with Gasteiger partial charge in [0.25, 0.3) is 0 Å². The zero-order valence-corrected chi connectivity index (χ0v) is 12.6.